The van der Waals surface area contributed by atoms with Gasteiger partial charge in [0.25, 0.3) is 0 Å². The van der Waals surface area contributed by atoms with E-state index in [1.807, 2.05) is 0 Å². The molecule has 8 heavy (non-hydrogen) atoms. The monoisotopic (exact) mass is 116 g/mol. The summed E-state index contributed by atoms with van der Waals surface area (Å²) >= 11 is 0. The van der Waals surface area contributed by atoms with Crippen LogP contribution < -0.4 is 22.9 Å². The van der Waals surface area contributed by atoms with E-state index in [-0.39, 0.29) is 6.04 Å². The minimum atomic E-state index is -0.840. The first-order chi connectivity index (χ1) is 3.40. The van der Waals surface area contributed by atoms with Crippen LogP contribution in [-0.4, -0.2) is 17.2 Å². The normalized spacial score (nSPS) is 51.4. The lowest BCUT2D eigenvalue weighted by atomic mass is 10.3. The van der Waals surface area contributed by atoms with Gasteiger partial charge in [-0.15, -0.1) is 0 Å². The molecule has 4 heteroatoms. The Hall–Kier alpha value is -0.160. The van der Waals surface area contributed by atoms with Crippen molar-refractivity contribution in [2.45, 2.75) is 24.2 Å². The molecule has 0 radical (unpaired) electrons. The molecule has 2 unspecified atom stereocenters. The van der Waals surface area contributed by atoms with Gasteiger partial charge in [0.05, 0.1) is 11.6 Å². The summed E-state index contributed by atoms with van der Waals surface area (Å²) in [7, 11) is 0. The van der Waals surface area contributed by atoms with Crippen molar-refractivity contribution in [1.82, 2.24) is 0 Å². The second-order valence-electron chi connectivity index (χ2n) is 2.69. The molecule has 0 heterocycles. The van der Waals surface area contributed by atoms with Gasteiger partial charge in [-0.25, -0.2) is 0 Å². The summed E-state index contributed by atoms with van der Waals surface area (Å²) in [6, 6.07) is -0.255. The van der Waals surface area contributed by atoms with E-state index in [1.54, 1.807) is 6.92 Å². The van der Waals surface area contributed by atoms with Crippen LogP contribution >= 0.6 is 0 Å². The molecule has 1 fully saturated rings. The van der Waals surface area contributed by atoms with Crippen LogP contribution in [0.3, 0.4) is 0 Å². The number of nitrogens with two attached hydrogens (primary N) is 4. The molecule has 48 valence electrons. The Kier molecular flexibility index (Phi) is 0.790. The zero-order valence-corrected chi connectivity index (χ0v) is 4.89. The first-order valence-electron chi connectivity index (χ1n) is 2.53. The highest BCUT2D eigenvalue weighted by Crippen LogP contribution is 2.36. The molecule has 0 aliphatic heterocycles. The number of rotatable bonds is 0. The van der Waals surface area contributed by atoms with Gasteiger partial charge in [-0.05, 0) is 6.92 Å². The molecule has 1 aliphatic carbocycles. The predicted octanol–water partition coefficient (Wildman–Crippen LogP) is -2.34. The Bertz CT molecular complexity index is 103. The van der Waals surface area contributed by atoms with Crippen LogP contribution in [0.15, 0.2) is 0 Å². The van der Waals surface area contributed by atoms with Crippen LogP contribution in [0.5, 0.6) is 0 Å². The standard InChI is InChI=1S/C4H12N4/c1-3(6)2(5)4(3,7)8/h2H,5-8H2,1H3. The highest BCUT2D eigenvalue weighted by atomic mass is 15.2. The van der Waals surface area contributed by atoms with Crippen molar-refractivity contribution in [2.75, 3.05) is 0 Å². The molecule has 0 spiro atoms. The van der Waals surface area contributed by atoms with E-state index < -0.39 is 11.2 Å². The first-order valence-corrected chi connectivity index (χ1v) is 2.53. The van der Waals surface area contributed by atoms with Crippen molar-refractivity contribution in [1.29, 1.82) is 0 Å². The quantitative estimate of drug-likeness (QED) is 0.266. The second kappa shape index (κ2) is 1.06. The molecule has 0 amide bonds. The van der Waals surface area contributed by atoms with Gasteiger partial charge in [0, 0.05) is 0 Å². The van der Waals surface area contributed by atoms with E-state index in [0.29, 0.717) is 0 Å². The third kappa shape index (κ3) is 0.385. The topological polar surface area (TPSA) is 104 Å². The molecule has 1 aliphatic rings. The molecule has 8 N–H and O–H groups in total. The van der Waals surface area contributed by atoms with Gasteiger partial charge >= 0.3 is 0 Å². The van der Waals surface area contributed by atoms with Crippen LogP contribution in [-0.2, 0) is 0 Å². The fourth-order valence-corrected chi connectivity index (χ4v) is 0.736. The molecule has 1 saturated carbocycles. The molecular weight excluding hydrogens is 104 g/mol. The predicted molar refractivity (Wildman–Crippen MR) is 31.7 cm³/mol. The van der Waals surface area contributed by atoms with Gasteiger partial charge < -0.3 is 22.9 Å². The van der Waals surface area contributed by atoms with Crippen molar-refractivity contribution < 1.29 is 0 Å². The molecule has 0 aromatic carbocycles. The maximum atomic E-state index is 5.51. The second-order valence-corrected chi connectivity index (χ2v) is 2.69. The number of hydrogen-bond acceptors (Lipinski definition) is 4. The van der Waals surface area contributed by atoms with E-state index in [0.717, 1.165) is 0 Å². The van der Waals surface area contributed by atoms with E-state index in [2.05, 4.69) is 0 Å². The average molecular weight is 116 g/mol. The highest BCUT2D eigenvalue weighted by Gasteiger charge is 2.66. The van der Waals surface area contributed by atoms with Crippen molar-refractivity contribution in [3.05, 3.63) is 0 Å². The minimum absolute atomic E-state index is 0.255. The summed E-state index contributed by atoms with van der Waals surface area (Å²) in [4.78, 5) is 0. The van der Waals surface area contributed by atoms with Crippen molar-refractivity contribution in [3.63, 3.8) is 0 Å². The Morgan fingerprint density at radius 1 is 1.25 bits per heavy atom. The van der Waals surface area contributed by atoms with Crippen LogP contribution in [0.2, 0.25) is 0 Å². The van der Waals surface area contributed by atoms with Gasteiger partial charge in [-0.2, -0.15) is 0 Å². The minimum Gasteiger partial charge on any atom is -0.323 e. The molecule has 4 nitrogen and oxygen atoms in total. The smallest absolute Gasteiger partial charge is 0.101 e. The Balaban J connectivity index is 2.72. The van der Waals surface area contributed by atoms with Gasteiger partial charge in [-0.3, -0.25) is 0 Å². The highest BCUT2D eigenvalue weighted by molar-refractivity contribution is 5.30. The molecule has 0 saturated heterocycles. The molecule has 2 atom stereocenters. The van der Waals surface area contributed by atoms with Crippen LogP contribution in [0, 0.1) is 0 Å². The van der Waals surface area contributed by atoms with E-state index in [1.165, 1.54) is 0 Å². The Labute approximate surface area is 48.2 Å². The summed E-state index contributed by atoms with van der Waals surface area (Å²) < 4.78 is 0. The Morgan fingerprint density at radius 2 is 1.38 bits per heavy atom. The first kappa shape index (κ1) is 5.97. The van der Waals surface area contributed by atoms with Gasteiger partial charge in [0.1, 0.15) is 5.66 Å². The fourth-order valence-electron chi connectivity index (χ4n) is 0.736. The third-order valence-corrected chi connectivity index (χ3v) is 2.01. The van der Waals surface area contributed by atoms with E-state index in [4.69, 9.17) is 22.9 Å². The zero-order chi connectivity index (χ0) is 6.58. The van der Waals surface area contributed by atoms with Crippen LogP contribution in [0.1, 0.15) is 6.92 Å². The number of hydrogen-bond donors (Lipinski definition) is 4. The molecule has 0 aromatic heterocycles. The van der Waals surface area contributed by atoms with Crippen molar-refractivity contribution in [2.24, 2.45) is 22.9 Å². The molecule has 0 aromatic rings. The SMILES string of the molecule is CC1(N)C(N)C1(N)N. The Morgan fingerprint density at radius 3 is 1.38 bits per heavy atom. The maximum Gasteiger partial charge on any atom is 0.101 e. The zero-order valence-electron chi connectivity index (χ0n) is 4.89. The largest absolute Gasteiger partial charge is 0.323 e. The van der Waals surface area contributed by atoms with Crippen LogP contribution in [0.25, 0.3) is 0 Å². The van der Waals surface area contributed by atoms with E-state index in [9.17, 15) is 0 Å². The van der Waals surface area contributed by atoms with Gasteiger partial charge in [-0.1, -0.05) is 0 Å². The lowest BCUT2D eigenvalue weighted by molar-refractivity contribution is 0.579. The van der Waals surface area contributed by atoms with Gasteiger partial charge in [0.2, 0.25) is 0 Å². The van der Waals surface area contributed by atoms with Crippen molar-refractivity contribution >= 4 is 0 Å². The molecular formula is C4H12N4. The lowest BCUT2D eigenvalue weighted by Crippen LogP contribution is -2.46. The van der Waals surface area contributed by atoms with Gasteiger partial charge in [0.15, 0.2) is 0 Å². The maximum absolute atomic E-state index is 5.51. The average Bonchev–Trinajstić information content (AvgIpc) is 1.88. The summed E-state index contributed by atoms with van der Waals surface area (Å²) in [5.41, 5.74) is 20.3. The third-order valence-electron chi connectivity index (χ3n) is 2.01. The molecule has 1 rings (SSSR count). The summed E-state index contributed by atoms with van der Waals surface area (Å²) in [5, 5.41) is 0. The lowest BCUT2D eigenvalue weighted by Gasteiger charge is -2.04. The van der Waals surface area contributed by atoms with E-state index >= 15 is 0 Å². The molecule has 0 bridgehead atoms. The summed E-state index contributed by atoms with van der Waals surface area (Å²) in [5.74, 6) is 0. The fraction of sp³-hybridized carbons (Fsp3) is 1.00. The van der Waals surface area contributed by atoms with Crippen molar-refractivity contribution in [3.8, 4) is 0 Å². The summed E-state index contributed by atoms with van der Waals surface area (Å²) in [6.07, 6.45) is 0. The van der Waals surface area contributed by atoms with Crippen LogP contribution in [0.4, 0.5) is 0 Å². The summed E-state index contributed by atoms with van der Waals surface area (Å²) in [6.45, 7) is 1.75.